The summed E-state index contributed by atoms with van der Waals surface area (Å²) in [4.78, 5) is 7.11. The molecule has 0 spiro atoms. The zero-order valence-electron chi connectivity index (χ0n) is 14.4. The number of halogens is 1. The van der Waals surface area contributed by atoms with Gasteiger partial charge in [-0.3, -0.25) is 0 Å². The van der Waals surface area contributed by atoms with E-state index < -0.39 is 0 Å². The lowest BCUT2D eigenvalue weighted by Crippen LogP contribution is -2.05. The van der Waals surface area contributed by atoms with Crippen LogP contribution in [-0.4, -0.2) is 15.1 Å². The van der Waals surface area contributed by atoms with Crippen LogP contribution in [0, 0.1) is 5.82 Å². The Morgan fingerprint density at radius 3 is 2.74 bits per heavy atom. The Kier molecular flexibility index (Phi) is 4.33. The van der Waals surface area contributed by atoms with Crippen molar-refractivity contribution in [2.45, 2.75) is 12.3 Å². The fraction of sp³-hybridized carbons (Fsp3) is 0.100. The lowest BCUT2D eigenvalue weighted by molar-refractivity contribution is 0.419. The maximum Gasteiger partial charge on any atom is 0.170 e. The molecule has 0 fully saturated rings. The summed E-state index contributed by atoms with van der Waals surface area (Å²) >= 11 is 0. The number of hydrogen-bond acceptors (Lipinski definition) is 5. The molecule has 0 amide bonds. The third-order valence-corrected chi connectivity index (χ3v) is 4.45. The highest BCUT2D eigenvalue weighted by Crippen LogP contribution is 2.32. The molecule has 3 heterocycles. The lowest BCUT2D eigenvalue weighted by Gasteiger charge is -2.13. The molecule has 27 heavy (non-hydrogen) atoms. The second kappa shape index (κ2) is 6.95. The van der Waals surface area contributed by atoms with Gasteiger partial charge in [0.2, 0.25) is 0 Å². The normalized spacial score (nSPS) is 12.2. The van der Waals surface area contributed by atoms with Gasteiger partial charge in [0, 0.05) is 24.4 Å². The van der Waals surface area contributed by atoms with Gasteiger partial charge in [0.05, 0.1) is 11.3 Å². The van der Waals surface area contributed by atoms with E-state index in [1.54, 1.807) is 18.2 Å². The van der Waals surface area contributed by atoms with Crippen LogP contribution in [0.5, 0.6) is 0 Å². The van der Waals surface area contributed by atoms with Crippen molar-refractivity contribution in [1.82, 2.24) is 15.1 Å². The van der Waals surface area contributed by atoms with E-state index in [0.29, 0.717) is 23.6 Å². The van der Waals surface area contributed by atoms with Crippen molar-refractivity contribution in [1.29, 1.82) is 0 Å². The van der Waals surface area contributed by atoms with Gasteiger partial charge < -0.3 is 21.0 Å². The lowest BCUT2D eigenvalue weighted by atomic mass is 9.90. The summed E-state index contributed by atoms with van der Waals surface area (Å²) in [5, 5.41) is 4.23. The molecular weight excluding hydrogens is 345 g/mol. The van der Waals surface area contributed by atoms with Crippen LogP contribution in [0.3, 0.4) is 0 Å². The minimum absolute atomic E-state index is 0.0986. The quantitative estimate of drug-likeness (QED) is 0.501. The van der Waals surface area contributed by atoms with Gasteiger partial charge in [-0.05, 0) is 47.9 Å². The minimum atomic E-state index is -0.262. The van der Waals surface area contributed by atoms with Crippen LogP contribution in [0.25, 0.3) is 11.3 Å². The van der Waals surface area contributed by atoms with Gasteiger partial charge in [0.1, 0.15) is 17.5 Å². The second-order valence-electron chi connectivity index (χ2n) is 6.32. The van der Waals surface area contributed by atoms with Gasteiger partial charge in [0.25, 0.3) is 0 Å². The second-order valence-corrected chi connectivity index (χ2v) is 6.32. The van der Waals surface area contributed by atoms with Crippen molar-refractivity contribution in [2.75, 3.05) is 11.5 Å². The Morgan fingerprint density at radius 1 is 1.11 bits per heavy atom. The van der Waals surface area contributed by atoms with E-state index in [0.717, 1.165) is 16.8 Å². The predicted octanol–water partition coefficient (Wildman–Crippen LogP) is 3.74. The van der Waals surface area contributed by atoms with Crippen LogP contribution in [0.1, 0.15) is 22.7 Å². The molecule has 136 valence electrons. The first-order chi connectivity index (χ1) is 13.1. The molecule has 0 radical (unpaired) electrons. The zero-order chi connectivity index (χ0) is 18.8. The van der Waals surface area contributed by atoms with Crippen LogP contribution in [-0.2, 0) is 6.42 Å². The smallest absolute Gasteiger partial charge is 0.170 e. The van der Waals surface area contributed by atoms with Crippen LogP contribution in [0.15, 0.2) is 65.4 Å². The number of nitrogens with two attached hydrogens (primary N) is 2. The molecule has 5 N–H and O–H groups in total. The average molecular weight is 363 g/mol. The Hall–Kier alpha value is -3.61. The van der Waals surface area contributed by atoms with E-state index in [-0.39, 0.29) is 17.6 Å². The molecule has 3 aromatic heterocycles. The molecular formula is C20H18FN5O. The number of hydrogen-bond donors (Lipinski definition) is 3. The molecule has 1 aromatic carbocycles. The largest absolute Gasteiger partial charge is 0.384 e. The first-order valence-electron chi connectivity index (χ1n) is 8.46. The number of aromatic amines is 1. The minimum Gasteiger partial charge on any atom is -0.384 e. The highest BCUT2D eigenvalue weighted by molar-refractivity contribution is 5.71. The summed E-state index contributed by atoms with van der Waals surface area (Å²) in [6.45, 7) is 0. The molecule has 0 aliphatic heterocycles. The number of H-pyrrole nitrogens is 1. The molecule has 4 aromatic rings. The summed E-state index contributed by atoms with van der Waals surface area (Å²) < 4.78 is 19.1. The molecule has 0 saturated carbocycles. The van der Waals surface area contributed by atoms with Crippen LogP contribution in [0.2, 0.25) is 0 Å². The maximum absolute atomic E-state index is 13.6. The number of nitrogen functional groups attached to an aromatic ring is 2. The van der Waals surface area contributed by atoms with Crippen molar-refractivity contribution >= 4 is 11.6 Å². The molecule has 0 saturated heterocycles. The molecule has 6 nitrogen and oxygen atoms in total. The highest BCUT2D eigenvalue weighted by atomic mass is 19.1. The molecule has 1 unspecified atom stereocenters. The number of nitrogens with zero attached hydrogens (tertiary/aromatic N) is 2. The fourth-order valence-corrected chi connectivity index (χ4v) is 3.13. The molecule has 0 aliphatic carbocycles. The van der Waals surface area contributed by atoms with Crippen molar-refractivity contribution in [3.63, 3.8) is 0 Å². The predicted molar refractivity (Wildman–Crippen MR) is 101 cm³/mol. The molecule has 4 rings (SSSR count). The number of pyridine rings is 1. The van der Waals surface area contributed by atoms with Crippen molar-refractivity contribution in [3.05, 3.63) is 83.6 Å². The van der Waals surface area contributed by atoms with Crippen LogP contribution in [0.4, 0.5) is 16.0 Å². The number of benzene rings is 1. The van der Waals surface area contributed by atoms with Gasteiger partial charge in [-0.25, -0.2) is 9.37 Å². The zero-order valence-corrected chi connectivity index (χ0v) is 14.4. The Morgan fingerprint density at radius 2 is 2.00 bits per heavy atom. The highest BCUT2D eigenvalue weighted by Gasteiger charge is 2.21. The van der Waals surface area contributed by atoms with Gasteiger partial charge in [-0.15, -0.1) is 0 Å². The van der Waals surface area contributed by atoms with E-state index in [1.807, 2.05) is 30.6 Å². The number of nitrogens with one attached hydrogen (secondary N) is 1. The summed E-state index contributed by atoms with van der Waals surface area (Å²) in [5.74, 6) is 0.767. The summed E-state index contributed by atoms with van der Waals surface area (Å²) in [5.41, 5.74) is 14.9. The molecule has 1 atom stereocenters. The SMILES string of the molecule is Nc1ccc(-c2cc(C(Cc3cccc(F)c3)c3cc[nH]c3)no2)c(N)n1. The summed E-state index contributed by atoms with van der Waals surface area (Å²) in [6.07, 6.45) is 4.32. The van der Waals surface area contributed by atoms with E-state index >= 15 is 0 Å². The van der Waals surface area contributed by atoms with Gasteiger partial charge >= 0.3 is 0 Å². The number of anilines is 2. The topological polar surface area (TPSA) is 107 Å². The third-order valence-electron chi connectivity index (χ3n) is 4.45. The fourth-order valence-electron chi connectivity index (χ4n) is 3.13. The molecule has 0 bridgehead atoms. The molecule has 0 aliphatic rings. The van der Waals surface area contributed by atoms with Gasteiger partial charge in [-0.2, -0.15) is 0 Å². The summed E-state index contributed by atoms with van der Waals surface area (Å²) in [7, 11) is 0. The third kappa shape index (κ3) is 3.52. The van der Waals surface area contributed by atoms with Crippen LogP contribution >= 0.6 is 0 Å². The van der Waals surface area contributed by atoms with Crippen LogP contribution < -0.4 is 11.5 Å². The first-order valence-corrected chi connectivity index (χ1v) is 8.46. The Labute approximate surface area is 155 Å². The van der Waals surface area contributed by atoms with Crippen molar-refractivity contribution in [3.8, 4) is 11.3 Å². The monoisotopic (exact) mass is 363 g/mol. The maximum atomic E-state index is 13.6. The number of rotatable bonds is 5. The number of aromatic nitrogens is 3. The van der Waals surface area contributed by atoms with Crippen molar-refractivity contribution in [2.24, 2.45) is 0 Å². The summed E-state index contributed by atoms with van der Waals surface area (Å²) in [6, 6.07) is 13.8. The van der Waals surface area contributed by atoms with E-state index in [2.05, 4.69) is 15.1 Å². The Balaban J connectivity index is 1.70. The first kappa shape index (κ1) is 16.8. The molecule has 7 heteroatoms. The van der Waals surface area contributed by atoms with Crippen molar-refractivity contribution < 1.29 is 8.91 Å². The standard InChI is InChI=1S/C20H18FN5O/c21-14-3-1-2-12(8-14)9-16(13-6-7-24-11-13)17-10-18(27-26-17)15-4-5-19(22)25-20(15)23/h1-8,10-11,16,24H,9H2,(H4,22,23,25). The van der Waals surface area contributed by atoms with E-state index in [1.165, 1.54) is 12.1 Å². The van der Waals surface area contributed by atoms with E-state index in [4.69, 9.17) is 16.0 Å². The average Bonchev–Trinajstić information content (AvgIpc) is 3.32. The Bertz CT molecular complexity index is 1060. The van der Waals surface area contributed by atoms with Gasteiger partial charge in [-0.1, -0.05) is 17.3 Å². The van der Waals surface area contributed by atoms with Gasteiger partial charge in [0.15, 0.2) is 5.76 Å². The van der Waals surface area contributed by atoms with E-state index in [9.17, 15) is 4.39 Å².